The molecule has 2 saturated carbocycles. The van der Waals surface area contributed by atoms with Crippen molar-refractivity contribution in [2.45, 2.75) is 101 Å². The van der Waals surface area contributed by atoms with Gasteiger partial charge in [-0.1, -0.05) is 27.7 Å². The molecule has 4 heterocycles. The van der Waals surface area contributed by atoms with Crippen molar-refractivity contribution in [1.29, 1.82) is 0 Å². The largest absolute Gasteiger partial charge is 0.471 e. The van der Waals surface area contributed by atoms with Crippen LogP contribution in [0.15, 0.2) is 11.1 Å². The van der Waals surface area contributed by atoms with E-state index in [4.69, 9.17) is 28.2 Å². The van der Waals surface area contributed by atoms with Crippen molar-refractivity contribution < 1.29 is 47.4 Å². The van der Waals surface area contributed by atoms with Crippen molar-refractivity contribution in [2.24, 2.45) is 17.3 Å². The Hall–Kier alpha value is -0.840. The first-order valence-corrected chi connectivity index (χ1v) is 13.8. The summed E-state index contributed by atoms with van der Waals surface area (Å²) in [5.74, 6) is -0.0258. The average Bonchev–Trinajstić information content (AvgIpc) is 3.65. The number of phosphoric acid groups is 1. The monoisotopic (exact) mass is 498 g/mol. The number of hydrogen-bond acceptors (Lipinski definition) is 8. The quantitative estimate of drug-likeness (QED) is 0.242. The molecule has 3 saturated heterocycles. The first-order chi connectivity index (χ1) is 16.0. The Morgan fingerprint density at radius 1 is 1.21 bits per heavy atom. The number of cyclic esters (lactones) is 1. The van der Waals surface area contributed by atoms with Crippen LogP contribution >= 0.6 is 7.82 Å². The SMILES string of the molecule is CCC(O[C@@H]1[C@@]2(C(C)C)O[C@H]2[C@@H]2O[C@]23[C@]12O[C@H]2C[C@H]1C2=C(CC[C@@]13C)C(=O)OC2)OP(=O)(O)O. The second kappa shape index (κ2) is 6.34. The topological polar surface area (TPSA) is 140 Å². The summed E-state index contributed by atoms with van der Waals surface area (Å²) in [6, 6.07) is 0. The van der Waals surface area contributed by atoms with Gasteiger partial charge in [-0.05, 0) is 43.1 Å². The molecule has 1 unspecified atom stereocenters. The van der Waals surface area contributed by atoms with Crippen molar-refractivity contribution in [3.63, 3.8) is 0 Å². The van der Waals surface area contributed by atoms with Crippen LogP contribution in [0.4, 0.5) is 0 Å². The van der Waals surface area contributed by atoms with Crippen molar-refractivity contribution in [3.8, 4) is 0 Å². The van der Waals surface area contributed by atoms with Gasteiger partial charge in [0, 0.05) is 11.0 Å². The smallest absolute Gasteiger partial charge is 0.458 e. The predicted octanol–water partition coefficient (Wildman–Crippen LogP) is 1.97. The molecule has 5 fully saturated rings. The molecule has 4 aliphatic heterocycles. The molecule has 0 aromatic heterocycles. The highest BCUT2D eigenvalue weighted by Crippen LogP contribution is 2.83. The lowest BCUT2D eigenvalue weighted by atomic mass is 9.46. The molecule has 11 heteroatoms. The molecule has 10 atom stereocenters. The minimum atomic E-state index is -4.75. The van der Waals surface area contributed by atoms with E-state index < -0.39 is 37.0 Å². The highest BCUT2D eigenvalue weighted by atomic mass is 31.2. The van der Waals surface area contributed by atoms with Crippen LogP contribution in [-0.4, -0.2) is 69.9 Å². The van der Waals surface area contributed by atoms with E-state index in [2.05, 4.69) is 20.8 Å². The van der Waals surface area contributed by atoms with Crippen molar-refractivity contribution >= 4 is 13.8 Å². The lowest BCUT2D eigenvalue weighted by molar-refractivity contribution is -0.198. The van der Waals surface area contributed by atoms with E-state index in [1.54, 1.807) is 6.92 Å². The van der Waals surface area contributed by atoms with Gasteiger partial charge in [-0.3, -0.25) is 4.52 Å². The fourth-order valence-electron chi connectivity index (χ4n) is 8.37. The van der Waals surface area contributed by atoms with Crippen LogP contribution < -0.4 is 0 Å². The Bertz CT molecular complexity index is 1070. The molecular weight excluding hydrogens is 467 g/mol. The second-order valence-electron chi connectivity index (χ2n) is 11.5. The van der Waals surface area contributed by atoms with Gasteiger partial charge < -0.3 is 33.5 Å². The van der Waals surface area contributed by atoms with Gasteiger partial charge in [0.05, 0.1) is 6.10 Å². The van der Waals surface area contributed by atoms with Crippen LogP contribution in [-0.2, 0) is 37.6 Å². The zero-order chi connectivity index (χ0) is 24.1. The third kappa shape index (κ3) is 2.34. The van der Waals surface area contributed by atoms with E-state index in [0.29, 0.717) is 13.0 Å². The number of carbonyl (C=O) groups excluding carboxylic acids is 1. The molecule has 7 rings (SSSR count). The van der Waals surface area contributed by atoms with E-state index in [1.807, 2.05) is 0 Å². The van der Waals surface area contributed by atoms with Gasteiger partial charge >= 0.3 is 13.8 Å². The predicted molar refractivity (Wildman–Crippen MR) is 113 cm³/mol. The van der Waals surface area contributed by atoms with Crippen LogP contribution in [0, 0.1) is 17.3 Å². The minimum absolute atomic E-state index is 0.0727. The summed E-state index contributed by atoms with van der Waals surface area (Å²) in [7, 11) is -4.75. The number of hydrogen-bond donors (Lipinski definition) is 2. The number of fused-ring (bicyclic) bond motifs is 4. The van der Waals surface area contributed by atoms with Gasteiger partial charge in [0.15, 0.2) is 11.9 Å². The first kappa shape index (κ1) is 22.4. The molecule has 3 aliphatic carbocycles. The third-order valence-corrected chi connectivity index (χ3v) is 10.5. The van der Waals surface area contributed by atoms with Gasteiger partial charge in [-0.15, -0.1) is 0 Å². The summed E-state index contributed by atoms with van der Waals surface area (Å²) in [4.78, 5) is 31.2. The zero-order valence-corrected chi connectivity index (χ0v) is 20.6. The fraction of sp³-hybridized carbons (Fsp3) is 0.870. The van der Waals surface area contributed by atoms with Crippen LogP contribution in [0.2, 0.25) is 0 Å². The Morgan fingerprint density at radius 3 is 2.65 bits per heavy atom. The Labute approximate surface area is 197 Å². The Balaban J connectivity index is 1.31. The number of esters is 1. The highest BCUT2D eigenvalue weighted by Gasteiger charge is 3.00. The van der Waals surface area contributed by atoms with Crippen LogP contribution in [0.3, 0.4) is 0 Å². The molecule has 10 nitrogen and oxygen atoms in total. The molecule has 0 aromatic carbocycles. The van der Waals surface area contributed by atoms with Gasteiger partial charge in [0.1, 0.15) is 36.1 Å². The van der Waals surface area contributed by atoms with Crippen molar-refractivity contribution in [1.82, 2.24) is 0 Å². The molecule has 0 bridgehead atoms. The van der Waals surface area contributed by atoms with Gasteiger partial charge in [0.25, 0.3) is 0 Å². The van der Waals surface area contributed by atoms with Crippen molar-refractivity contribution in [3.05, 3.63) is 11.1 Å². The maximum atomic E-state index is 12.3. The number of carbonyl (C=O) groups is 1. The summed E-state index contributed by atoms with van der Waals surface area (Å²) < 4.78 is 48.1. The van der Waals surface area contributed by atoms with E-state index in [-0.39, 0.29) is 48.0 Å². The molecular formula is C23H31O10P. The molecule has 188 valence electrons. The van der Waals surface area contributed by atoms with E-state index in [9.17, 15) is 19.1 Å². The Kier molecular flexibility index (Phi) is 4.17. The molecule has 2 spiro atoms. The first-order valence-electron chi connectivity index (χ1n) is 12.3. The van der Waals surface area contributed by atoms with Gasteiger partial charge in [0.2, 0.25) is 0 Å². The van der Waals surface area contributed by atoms with E-state index in [0.717, 1.165) is 24.0 Å². The molecule has 34 heavy (non-hydrogen) atoms. The molecule has 0 amide bonds. The highest BCUT2D eigenvalue weighted by molar-refractivity contribution is 7.46. The van der Waals surface area contributed by atoms with Crippen molar-refractivity contribution in [2.75, 3.05) is 6.61 Å². The third-order valence-electron chi connectivity index (χ3n) is 9.94. The summed E-state index contributed by atoms with van der Waals surface area (Å²) in [6.45, 7) is 8.46. The van der Waals surface area contributed by atoms with Gasteiger partial charge in [-0.2, -0.15) is 0 Å². The average molecular weight is 498 g/mol. The lowest BCUT2D eigenvalue weighted by Crippen LogP contribution is -2.70. The van der Waals surface area contributed by atoms with Gasteiger partial charge in [-0.25, -0.2) is 9.36 Å². The Morgan fingerprint density at radius 2 is 1.97 bits per heavy atom. The van der Waals surface area contributed by atoms with Crippen LogP contribution in [0.1, 0.15) is 53.4 Å². The molecule has 2 N–H and O–H groups in total. The second-order valence-corrected chi connectivity index (χ2v) is 12.6. The number of phosphoric ester groups is 1. The summed E-state index contributed by atoms with van der Waals surface area (Å²) in [6.07, 6.45) is 0.187. The van der Waals surface area contributed by atoms with Crippen LogP contribution in [0.5, 0.6) is 0 Å². The van der Waals surface area contributed by atoms with Crippen LogP contribution in [0.25, 0.3) is 0 Å². The molecule has 0 radical (unpaired) electrons. The zero-order valence-electron chi connectivity index (χ0n) is 19.7. The number of rotatable bonds is 6. The lowest BCUT2D eigenvalue weighted by Gasteiger charge is -2.54. The molecule has 7 aliphatic rings. The summed E-state index contributed by atoms with van der Waals surface area (Å²) in [5.41, 5.74) is -0.513. The number of ether oxygens (including phenoxy) is 5. The minimum Gasteiger partial charge on any atom is -0.458 e. The molecule has 0 aromatic rings. The maximum Gasteiger partial charge on any atom is 0.471 e. The number of epoxide rings is 3. The standard InChI is InChI=1S/C23H31O10P/c1-5-15(33-34(25,26)27)29-19-21(10(2)3)16(31-21)17-23(32-17)20(4)7-6-11-12(9-28-18(11)24)13(20)8-14-22(19,23)30-14/h10,13-17,19H,5-9H2,1-4H3,(H2,25,26,27)/t13-,14-,15?,16-,17-,19+,20-,21-,22+,23+/m0/s1. The van der Waals surface area contributed by atoms with E-state index in [1.165, 1.54) is 0 Å². The summed E-state index contributed by atoms with van der Waals surface area (Å²) >= 11 is 0. The fourth-order valence-corrected chi connectivity index (χ4v) is 8.88. The van der Waals surface area contributed by atoms with E-state index >= 15 is 0 Å². The maximum absolute atomic E-state index is 12.3. The summed E-state index contributed by atoms with van der Waals surface area (Å²) in [5, 5.41) is 0. The normalized spacial score (nSPS) is 52.6.